The normalized spacial score (nSPS) is 25.6. The summed E-state index contributed by atoms with van der Waals surface area (Å²) >= 11 is 1.54. The number of aromatic hydroxyl groups is 1. The second kappa shape index (κ2) is 10.4. The molecule has 1 aromatic carbocycles. The SMILES string of the molecule is CN(C)[C@@H]1C(O)=C(C(N)=O)C(=O)[C@@]2(O)C(O)=C3C(=O)c4c(ccc(NC(=O)CNCc5cccs5)c4O)CC3CC12. The van der Waals surface area contributed by atoms with E-state index in [0.717, 1.165) is 4.88 Å². The molecule has 5 rings (SSSR count). The smallest absolute Gasteiger partial charge is 0.255 e. The number of primary amides is 1. The lowest BCUT2D eigenvalue weighted by molar-refractivity contribution is -0.148. The number of aliphatic hydroxyl groups is 3. The van der Waals surface area contributed by atoms with Crippen molar-refractivity contribution in [2.75, 3.05) is 26.0 Å². The van der Waals surface area contributed by atoms with Crippen molar-refractivity contribution in [1.29, 1.82) is 0 Å². The summed E-state index contributed by atoms with van der Waals surface area (Å²) in [5.74, 6) is -7.69. The van der Waals surface area contributed by atoms with Crippen LogP contribution in [0, 0.1) is 11.8 Å². The Bertz CT molecular complexity index is 1530. The number of Topliss-reactive ketones (excluding diaryl/α,β-unsaturated/α-hetero) is 2. The topological polar surface area (TPSA) is 203 Å². The molecule has 41 heavy (non-hydrogen) atoms. The summed E-state index contributed by atoms with van der Waals surface area (Å²) in [6.45, 7) is 0.429. The lowest BCUT2D eigenvalue weighted by Crippen LogP contribution is -2.63. The number of thiophene rings is 1. The van der Waals surface area contributed by atoms with Gasteiger partial charge in [-0.15, -0.1) is 11.3 Å². The van der Waals surface area contributed by atoms with Crippen LogP contribution in [0.3, 0.4) is 0 Å². The Morgan fingerprint density at radius 2 is 1.90 bits per heavy atom. The van der Waals surface area contributed by atoms with Crippen LogP contribution in [-0.4, -0.2) is 81.0 Å². The third-order valence-electron chi connectivity index (χ3n) is 8.03. The average molecular weight is 583 g/mol. The van der Waals surface area contributed by atoms with Gasteiger partial charge in [0.05, 0.1) is 23.8 Å². The molecule has 1 heterocycles. The molecule has 2 aromatic rings. The van der Waals surface area contributed by atoms with Gasteiger partial charge in [0, 0.05) is 22.9 Å². The number of carbonyl (C=O) groups excluding carboxylic acids is 4. The van der Waals surface area contributed by atoms with Crippen LogP contribution < -0.4 is 16.4 Å². The molecule has 13 heteroatoms. The van der Waals surface area contributed by atoms with E-state index in [9.17, 15) is 39.6 Å². The molecule has 3 aliphatic rings. The van der Waals surface area contributed by atoms with Crippen molar-refractivity contribution in [3.8, 4) is 5.75 Å². The Morgan fingerprint density at radius 1 is 1.17 bits per heavy atom. The van der Waals surface area contributed by atoms with Gasteiger partial charge in [0.2, 0.25) is 11.7 Å². The number of phenolic OH excluding ortho intramolecular Hbond substituents is 1. The number of amides is 2. The average Bonchev–Trinajstić information content (AvgIpc) is 3.41. The van der Waals surface area contributed by atoms with Crippen molar-refractivity contribution in [2.24, 2.45) is 17.6 Å². The maximum absolute atomic E-state index is 13.8. The Labute approximate surface area is 238 Å². The van der Waals surface area contributed by atoms with Crippen LogP contribution in [0.5, 0.6) is 5.75 Å². The number of nitrogens with two attached hydrogens (primary N) is 1. The van der Waals surface area contributed by atoms with Gasteiger partial charge in [-0.05, 0) is 55.9 Å². The number of likely N-dealkylation sites (N-methyl/N-ethyl adjacent to an activating group) is 1. The molecule has 0 radical (unpaired) electrons. The highest BCUT2D eigenvalue weighted by molar-refractivity contribution is 7.09. The molecule has 2 unspecified atom stereocenters. The highest BCUT2D eigenvalue weighted by Gasteiger charge is 2.63. The van der Waals surface area contributed by atoms with E-state index in [1.807, 2.05) is 17.5 Å². The third kappa shape index (κ3) is 4.50. The fraction of sp³-hybridized carbons (Fsp3) is 0.357. The first-order valence-electron chi connectivity index (χ1n) is 12.9. The van der Waals surface area contributed by atoms with Crippen molar-refractivity contribution in [1.82, 2.24) is 10.2 Å². The van der Waals surface area contributed by atoms with Gasteiger partial charge in [0.25, 0.3) is 5.91 Å². The molecule has 0 aliphatic heterocycles. The minimum absolute atomic E-state index is 0.000913. The van der Waals surface area contributed by atoms with Gasteiger partial charge >= 0.3 is 0 Å². The summed E-state index contributed by atoms with van der Waals surface area (Å²) in [5, 5.41) is 52.3. The molecule has 3 aliphatic carbocycles. The van der Waals surface area contributed by atoms with Gasteiger partial charge < -0.3 is 36.8 Å². The second-order valence-electron chi connectivity index (χ2n) is 10.7. The molecule has 216 valence electrons. The molecule has 0 spiro atoms. The van der Waals surface area contributed by atoms with E-state index in [-0.39, 0.29) is 36.2 Å². The summed E-state index contributed by atoms with van der Waals surface area (Å²) in [7, 11) is 3.14. The first kappa shape index (κ1) is 28.5. The molecule has 2 amide bonds. The van der Waals surface area contributed by atoms with E-state index in [4.69, 9.17) is 5.73 Å². The van der Waals surface area contributed by atoms with Crippen LogP contribution in [0.1, 0.15) is 27.2 Å². The lowest BCUT2D eigenvalue weighted by atomic mass is 9.58. The maximum atomic E-state index is 13.8. The monoisotopic (exact) mass is 582 g/mol. The van der Waals surface area contributed by atoms with E-state index >= 15 is 0 Å². The standard InChI is InChI=1S/C28H30N4O8S/c1-32(2)21-15-9-13-8-12-5-6-16(31-17(33)11-30-10-14-4-3-7-41-14)22(34)18(12)23(35)19(13)25(37)28(15,40)26(38)20(24(21)36)27(29)39/h3-7,13,15,21,30,34,36-37,40H,8-11H2,1-2H3,(H2,29,39)(H,31,33)/t13?,15?,21-,28-/m0/s1. The number of carbonyl (C=O) groups is 4. The number of hydrogen-bond acceptors (Lipinski definition) is 11. The fourth-order valence-corrected chi connectivity index (χ4v) is 6.91. The van der Waals surface area contributed by atoms with Crippen molar-refractivity contribution >= 4 is 40.4 Å². The Morgan fingerprint density at radius 3 is 2.54 bits per heavy atom. The molecule has 4 atom stereocenters. The number of hydrogen-bond donors (Lipinski definition) is 7. The lowest BCUT2D eigenvalue weighted by Gasteiger charge is -2.50. The predicted octanol–water partition coefficient (Wildman–Crippen LogP) is 0.910. The second-order valence-corrected chi connectivity index (χ2v) is 11.7. The third-order valence-corrected chi connectivity index (χ3v) is 8.91. The highest BCUT2D eigenvalue weighted by Crippen LogP contribution is 2.52. The Kier molecular flexibility index (Phi) is 7.24. The molecule has 12 nitrogen and oxygen atoms in total. The van der Waals surface area contributed by atoms with Crippen molar-refractivity contribution in [2.45, 2.75) is 31.0 Å². The zero-order valence-corrected chi connectivity index (χ0v) is 23.1. The van der Waals surface area contributed by atoms with Gasteiger partial charge in [-0.3, -0.25) is 24.1 Å². The van der Waals surface area contributed by atoms with Gasteiger partial charge in [0.15, 0.2) is 17.1 Å². The number of nitrogens with one attached hydrogen (secondary N) is 2. The molecule has 8 N–H and O–H groups in total. The van der Waals surface area contributed by atoms with Crippen LogP contribution in [0.4, 0.5) is 5.69 Å². The number of nitrogens with zero attached hydrogens (tertiary/aromatic N) is 1. The van der Waals surface area contributed by atoms with E-state index in [1.165, 1.54) is 11.0 Å². The Hall–Kier alpha value is -4.04. The summed E-state index contributed by atoms with van der Waals surface area (Å²) in [5.41, 5.74) is 1.78. The molecule has 1 aromatic heterocycles. The van der Waals surface area contributed by atoms with Crippen molar-refractivity contribution in [3.05, 3.63) is 68.3 Å². The number of rotatable bonds is 7. The molecule has 0 saturated heterocycles. The van der Waals surface area contributed by atoms with E-state index in [1.54, 1.807) is 31.5 Å². The van der Waals surface area contributed by atoms with Crippen LogP contribution in [0.15, 0.2) is 52.3 Å². The fourth-order valence-electron chi connectivity index (χ4n) is 6.23. The molecule has 0 fully saturated rings. The van der Waals surface area contributed by atoms with Crippen molar-refractivity contribution in [3.63, 3.8) is 0 Å². The quantitative estimate of drug-likeness (QED) is 0.182. The van der Waals surface area contributed by atoms with Gasteiger partial charge in [-0.1, -0.05) is 12.1 Å². The molecule has 0 saturated carbocycles. The zero-order valence-electron chi connectivity index (χ0n) is 22.3. The van der Waals surface area contributed by atoms with E-state index in [2.05, 4.69) is 10.6 Å². The number of aliphatic hydroxyl groups excluding tert-OH is 2. The number of ketones is 2. The summed E-state index contributed by atoms with van der Waals surface area (Å²) < 4.78 is 0. The number of anilines is 1. The molecular formula is C28H30N4O8S. The maximum Gasteiger partial charge on any atom is 0.255 e. The summed E-state index contributed by atoms with van der Waals surface area (Å²) in [6, 6.07) is 5.84. The Balaban J connectivity index is 1.48. The van der Waals surface area contributed by atoms with Gasteiger partial charge in [-0.25, -0.2) is 0 Å². The largest absolute Gasteiger partial charge is 0.510 e. The van der Waals surface area contributed by atoms with E-state index in [0.29, 0.717) is 12.1 Å². The first-order valence-corrected chi connectivity index (χ1v) is 13.8. The predicted molar refractivity (Wildman–Crippen MR) is 148 cm³/mol. The molecule has 0 bridgehead atoms. The van der Waals surface area contributed by atoms with Gasteiger partial charge in [-0.2, -0.15) is 0 Å². The van der Waals surface area contributed by atoms with Crippen LogP contribution >= 0.6 is 11.3 Å². The number of allylic oxidation sites excluding steroid dienone is 1. The number of benzene rings is 1. The van der Waals surface area contributed by atoms with E-state index < -0.39 is 69.7 Å². The van der Waals surface area contributed by atoms with Crippen LogP contribution in [0.25, 0.3) is 0 Å². The number of fused-ring (bicyclic) bond motifs is 3. The minimum atomic E-state index is -2.71. The van der Waals surface area contributed by atoms with Crippen LogP contribution in [-0.2, 0) is 27.3 Å². The highest BCUT2D eigenvalue weighted by atomic mass is 32.1. The van der Waals surface area contributed by atoms with Crippen LogP contribution in [0.2, 0.25) is 0 Å². The number of phenols is 1. The molecular weight excluding hydrogens is 552 g/mol. The zero-order chi connectivity index (χ0) is 29.8. The van der Waals surface area contributed by atoms with Crippen molar-refractivity contribution < 1.29 is 39.6 Å². The summed E-state index contributed by atoms with van der Waals surface area (Å²) in [6.07, 6.45) is 0.166. The first-order chi connectivity index (χ1) is 19.4. The summed E-state index contributed by atoms with van der Waals surface area (Å²) in [4.78, 5) is 54.2. The van der Waals surface area contributed by atoms with Gasteiger partial charge in [0.1, 0.15) is 17.1 Å². The minimum Gasteiger partial charge on any atom is -0.510 e.